The minimum Gasteiger partial charge on any atom is -0.475 e. The zero-order valence-electron chi connectivity index (χ0n) is 9.70. The van der Waals surface area contributed by atoms with Crippen molar-refractivity contribution in [1.29, 1.82) is 0 Å². The van der Waals surface area contributed by atoms with Gasteiger partial charge in [0.2, 0.25) is 5.76 Å². The molecular weight excluding hydrogens is 266 g/mol. The van der Waals surface area contributed by atoms with Crippen LogP contribution in [0.15, 0.2) is 45.6 Å². The Bertz CT molecular complexity index is 811. The largest absolute Gasteiger partial charge is 0.475 e. The van der Waals surface area contributed by atoms with E-state index in [0.29, 0.717) is 11.1 Å². The summed E-state index contributed by atoms with van der Waals surface area (Å²) >= 11 is 1.33. The second-order valence-corrected chi connectivity index (χ2v) is 5.06. The van der Waals surface area contributed by atoms with Crippen LogP contribution in [0, 0.1) is 0 Å². The van der Waals surface area contributed by atoms with Crippen LogP contribution in [0.2, 0.25) is 0 Å². The highest BCUT2D eigenvalue weighted by molar-refractivity contribution is 7.13. The fourth-order valence-corrected chi connectivity index (χ4v) is 2.84. The predicted molar refractivity (Wildman–Crippen MR) is 70.9 cm³/mol. The van der Waals surface area contributed by atoms with Gasteiger partial charge in [0.1, 0.15) is 5.76 Å². The lowest BCUT2D eigenvalue weighted by Crippen LogP contribution is -2.13. The highest BCUT2D eigenvalue weighted by Crippen LogP contribution is 2.17. The molecule has 0 aliphatic carbocycles. The van der Waals surface area contributed by atoms with Crippen molar-refractivity contribution >= 4 is 27.6 Å². The van der Waals surface area contributed by atoms with Crippen LogP contribution < -0.4 is 5.56 Å². The molecule has 1 N–H and O–H groups in total. The number of hydrogen-bond donors (Lipinski definition) is 1. The van der Waals surface area contributed by atoms with Gasteiger partial charge in [-0.05, 0) is 24.3 Å². The van der Waals surface area contributed by atoms with Crippen molar-refractivity contribution in [1.82, 2.24) is 3.96 Å². The van der Waals surface area contributed by atoms with Gasteiger partial charge in [-0.2, -0.15) is 0 Å². The summed E-state index contributed by atoms with van der Waals surface area (Å²) in [5.41, 5.74) is -0.0890. The first-order chi connectivity index (χ1) is 9.15. The van der Waals surface area contributed by atoms with Crippen LogP contribution in [0.4, 0.5) is 0 Å². The molecule has 0 amide bonds. The van der Waals surface area contributed by atoms with Crippen molar-refractivity contribution in [2.75, 3.05) is 0 Å². The first-order valence-electron chi connectivity index (χ1n) is 5.56. The number of aromatic nitrogens is 1. The first-order valence-corrected chi connectivity index (χ1v) is 6.33. The third kappa shape index (κ3) is 2.06. The van der Waals surface area contributed by atoms with Gasteiger partial charge in [0.25, 0.3) is 5.56 Å². The van der Waals surface area contributed by atoms with Crippen LogP contribution in [0.25, 0.3) is 10.1 Å². The van der Waals surface area contributed by atoms with Gasteiger partial charge in [-0.1, -0.05) is 23.7 Å². The average Bonchev–Trinajstić information content (AvgIpc) is 2.97. The van der Waals surface area contributed by atoms with E-state index in [1.807, 2.05) is 18.2 Å². The fraction of sp³-hybridized carbons (Fsp3) is 0.0769. The smallest absolute Gasteiger partial charge is 0.371 e. The summed E-state index contributed by atoms with van der Waals surface area (Å²) in [6.07, 6.45) is 0. The maximum atomic E-state index is 12.1. The second-order valence-electron chi connectivity index (χ2n) is 4.00. The summed E-state index contributed by atoms with van der Waals surface area (Å²) in [4.78, 5) is 22.8. The minimum absolute atomic E-state index is 0.0890. The Morgan fingerprint density at radius 2 is 2.05 bits per heavy atom. The zero-order chi connectivity index (χ0) is 13.4. The van der Waals surface area contributed by atoms with Gasteiger partial charge >= 0.3 is 5.97 Å². The molecule has 3 aromatic rings. The van der Waals surface area contributed by atoms with E-state index in [9.17, 15) is 9.59 Å². The molecule has 0 aliphatic heterocycles. The number of furan rings is 1. The Kier molecular flexibility index (Phi) is 2.72. The van der Waals surface area contributed by atoms with Gasteiger partial charge in [0.15, 0.2) is 0 Å². The van der Waals surface area contributed by atoms with Gasteiger partial charge in [-0.3, -0.25) is 8.75 Å². The van der Waals surface area contributed by atoms with Crippen molar-refractivity contribution in [2.45, 2.75) is 6.54 Å². The van der Waals surface area contributed by atoms with E-state index >= 15 is 0 Å². The van der Waals surface area contributed by atoms with Crippen LogP contribution >= 0.6 is 11.5 Å². The van der Waals surface area contributed by atoms with Gasteiger partial charge in [-0.25, -0.2) is 4.79 Å². The van der Waals surface area contributed by atoms with E-state index < -0.39 is 5.97 Å². The van der Waals surface area contributed by atoms with E-state index in [1.165, 1.54) is 17.6 Å². The molecule has 0 saturated heterocycles. The average molecular weight is 275 g/mol. The third-order valence-corrected chi connectivity index (χ3v) is 3.79. The highest BCUT2D eigenvalue weighted by atomic mass is 32.1. The number of carboxylic acid groups (broad SMARTS) is 1. The molecule has 5 nitrogen and oxygen atoms in total. The molecule has 0 aliphatic rings. The monoisotopic (exact) mass is 275 g/mol. The Labute approximate surface area is 111 Å². The summed E-state index contributed by atoms with van der Waals surface area (Å²) in [6.45, 7) is 0.242. The molecule has 3 rings (SSSR count). The highest BCUT2D eigenvalue weighted by Gasteiger charge is 2.12. The summed E-state index contributed by atoms with van der Waals surface area (Å²) in [7, 11) is 0. The number of nitrogens with zero attached hydrogens (tertiary/aromatic N) is 1. The van der Waals surface area contributed by atoms with Crippen molar-refractivity contribution in [2.24, 2.45) is 0 Å². The van der Waals surface area contributed by atoms with Gasteiger partial charge < -0.3 is 9.52 Å². The summed E-state index contributed by atoms with van der Waals surface area (Å²) < 4.78 is 7.60. The molecule has 0 bridgehead atoms. The summed E-state index contributed by atoms with van der Waals surface area (Å²) in [5.74, 6) is -0.787. The van der Waals surface area contributed by atoms with Gasteiger partial charge in [0.05, 0.1) is 16.6 Å². The van der Waals surface area contributed by atoms with Crippen molar-refractivity contribution < 1.29 is 14.3 Å². The third-order valence-electron chi connectivity index (χ3n) is 2.72. The quantitative estimate of drug-likeness (QED) is 0.796. The molecule has 0 radical (unpaired) electrons. The molecule has 96 valence electrons. The zero-order valence-corrected chi connectivity index (χ0v) is 10.5. The van der Waals surface area contributed by atoms with Crippen molar-refractivity contribution in [3.8, 4) is 0 Å². The number of carbonyl (C=O) groups is 1. The number of rotatable bonds is 3. The lowest BCUT2D eigenvalue weighted by Gasteiger charge is -1.95. The Balaban J connectivity index is 1.98. The van der Waals surface area contributed by atoms with Crippen LogP contribution in [0.5, 0.6) is 0 Å². The van der Waals surface area contributed by atoms with Gasteiger partial charge in [0, 0.05) is 0 Å². The van der Waals surface area contributed by atoms with E-state index in [-0.39, 0.29) is 17.9 Å². The van der Waals surface area contributed by atoms with Crippen molar-refractivity contribution in [3.05, 3.63) is 58.3 Å². The molecule has 0 atom stereocenters. The molecule has 1 aromatic carbocycles. The molecule has 0 spiro atoms. The topological polar surface area (TPSA) is 72.4 Å². The maximum absolute atomic E-state index is 12.1. The first kappa shape index (κ1) is 11.7. The summed E-state index contributed by atoms with van der Waals surface area (Å²) in [5, 5.41) is 9.44. The maximum Gasteiger partial charge on any atom is 0.371 e. The van der Waals surface area contributed by atoms with Crippen LogP contribution in [-0.4, -0.2) is 15.0 Å². The van der Waals surface area contributed by atoms with Crippen LogP contribution in [0.3, 0.4) is 0 Å². The molecule has 6 heteroatoms. The van der Waals surface area contributed by atoms with E-state index in [2.05, 4.69) is 0 Å². The molecule has 2 aromatic heterocycles. The lowest BCUT2D eigenvalue weighted by molar-refractivity contribution is 0.0660. The number of benzene rings is 1. The Morgan fingerprint density at radius 1 is 1.26 bits per heavy atom. The second kappa shape index (κ2) is 4.40. The SMILES string of the molecule is O=C(O)c1ccc(Cn2sc3ccccc3c2=O)o1. The van der Waals surface area contributed by atoms with E-state index in [4.69, 9.17) is 9.52 Å². The molecule has 0 fully saturated rings. The number of hydrogen-bond acceptors (Lipinski definition) is 4. The van der Waals surface area contributed by atoms with Crippen LogP contribution in [-0.2, 0) is 6.54 Å². The molecule has 0 unspecified atom stereocenters. The molecular formula is C13H9NO4S. The molecule has 2 heterocycles. The van der Waals surface area contributed by atoms with Crippen LogP contribution in [0.1, 0.15) is 16.3 Å². The van der Waals surface area contributed by atoms with E-state index in [0.717, 1.165) is 4.70 Å². The minimum atomic E-state index is -1.12. The normalized spacial score (nSPS) is 10.9. The number of aromatic carboxylic acids is 1. The molecule has 19 heavy (non-hydrogen) atoms. The van der Waals surface area contributed by atoms with E-state index in [1.54, 1.807) is 16.1 Å². The molecule has 0 saturated carbocycles. The predicted octanol–water partition coefficient (Wildman–Crippen LogP) is 2.40. The van der Waals surface area contributed by atoms with Crippen molar-refractivity contribution in [3.63, 3.8) is 0 Å². The fourth-order valence-electron chi connectivity index (χ4n) is 1.84. The van der Waals surface area contributed by atoms with Gasteiger partial charge in [-0.15, -0.1) is 0 Å². The summed E-state index contributed by atoms with van der Waals surface area (Å²) in [6, 6.07) is 10.3. The number of fused-ring (bicyclic) bond motifs is 1. The number of carboxylic acids is 1. The Morgan fingerprint density at radius 3 is 2.74 bits per heavy atom. The lowest BCUT2D eigenvalue weighted by atomic mass is 10.3. The Hall–Kier alpha value is -2.34. The standard InChI is InChI=1S/C13H9NO4S/c15-12-9-3-1-2-4-11(9)19-14(12)7-8-5-6-10(18-8)13(16)17/h1-6H,7H2,(H,16,17).